The summed E-state index contributed by atoms with van der Waals surface area (Å²) in [5, 5.41) is 6.43. The third kappa shape index (κ3) is 7.50. The fourth-order valence-corrected chi connectivity index (χ4v) is 8.48. The second-order valence-electron chi connectivity index (χ2n) is 14.8. The number of likely N-dealkylation sites (N-methyl/N-ethyl adjacent to an activating group) is 1. The summed E-state index contributed by atoms with van der Waals surface area (Å²) in [5.41, 5.74) is 7.74. The van der Waals surface area contributed by atoms with E-state index in [1.165, 1.54) is 0 Å². The highest BCUT2D eigenvalue weighted by Crippen LogP contribution is 2.41. The number of hydrogen-bond acceptors (Lipinski definition) is 8. The predicted octanol–water partition coefficient (Wildman–Crippen LogP) is 5.65. The number of hydrogen-bond donors (Lipinski definition) is 3. The number of nitrogens with one attached hydrogen (secondary N) is 3. The average molecular weight is 698 g/mol. The number of anilines is 2. The number of aryl methyl sites for hydroxylation is 2. The van der Waals surface area contributed by atoms with Crippen LogP contribution in [0.2, 0.25) is 0 Å². The number of amides is 1. The first-order valence-corrected chi connectivity index (χ1v) is 18.6. The van der Waals surface area contributed by atoms with Crippen molar-refractivity contribution in [3.8, 4) is 11.1 Å². The first-order valence-electron chi connectivity index (χ1n) is 18.6. The smallest absolute Gasteiger partial charge is 0.253 e. The Morgan fingerprint density at radius 2 is 1.67 bits per heavy atom. The molecule has 2 saturated heterocycles. The third-order valence-electron chi connectivity index (χ3n) is 11.8. The van der Waals surface area contributed by atoms with Gasteiger partial charge in [0.2, 0.25) is 0 Å². The maximum absolute atomic E-state index is 14.1. The molecule has 2 aliphatic heterocycles. The molecule has 3 fully saturated rings. The molecule has 1 amide bonds. The zero-order valence-corrected chi connectivity index (χ0v) is 31.2. The number of aromatic nitrogens is 1. The number of aromatic amines is 1. The molecular formula is C41H55N5O5. The quantitative estimate of drug-likeness (QED) is 0.208. The van der Waals surface area contributed by atoms with Gasteiger partial charge >= 0.3 is 0 Å². The molecule has 3 heterocycles. The lowest BCUT2D eigenvalue weighted by Gasteiger charge is -2.45. The van der Waals surface area contributed by atoms with Crippen LogP contribution in [0.3, 0.4) is 0 Å². The molecule has 3 N–H and O–H groups in total. The molecule has 0 radical (unpaired) electrons. The van der Waals surface area contributed by atoms with Crippen molar-refractivity contribution in [3.05, 3.63) is 80.3 Å². The van der Waals surface area contributed by atoms with Gasteiger partial charge in [0.05, 0.1) is 24.7 Å². The highest BCUT2D eigenvalue weighted by atomic mass is 16.5. The van der Waals surface area contributed by atoms with Gasteiger partial charge in [-0.25, -0.2) is 0 Å². The molecule has 274 valence electrons. The van der Waals surface area contributed by atoms with Crippen LogP contribution in [-0.4, -0.2) is 87.3 Å². The Labute approximate surface area is 302 Å². The van der Waals surface area contributed by atoms with E-state index in [0.29, 0.717) is 55.3 Å². The molecule has 0 atom stereocenters. The van der Waals surface area contributed by atoms with Gasteiger partial charge in [-0.05, 0) is 125 Å². The van der Waals surface area contributed by atoms with Crippen LogP contribution in [-0.2, 0) is 26.2 Å². The van der Waals surface area contributed by atoms with Crippen molar-refractivity contribution in [2.24, 2.45) is 0 Å². The molecule has 0 spiro atoms. The highest BCUT2D eigenvalue weighted by molar-refractivity contribution is 5.99. The molecule has 10 heteroatoms. The molecule has 3 aromatic rings. The summed E-state index contributed by atoms with van der Waals surface area (Å²) in [6, 6.07) is 13.8. The molecule has 6 rings (SSSR count). The van der Waals surface area contributed by atoms with Crippen molar-refractivity contribution in [2.75, 3.05) is 57.3 Å². The van der Waals surface area contributed by atoms with Gasteiger partial charge < -0.3 is 34.8 Å². The summed E-state index contributed by atoms with van der Waals surface area (Å²) in [7, 11) is 4.13. The van der Waals surface area contributed by atoms with Crippen molar-refractivity contribution in [1.29, 1.82) is 0 Å². The number of carbonyl (C=O) groups is 2. The van der Waals surface area contributed by atoms with E-state index >= 15 is 0 Å². The maximum atomic E-state index is 14.1. The van der Waals surface area contributed by atoms with E-state index in [-0.39, 0.29) is 18.0 Å². The molecule has 51 heavy (non-hydrogen) atoms. The zero-order valence-electron chi connectivity index (χ0n) is 31.2. The Kier molecular flexibility index (Phi) is 11.3. The van der Waals surface area contributed by atoms with Crippen molar-refractivity contribution in [1.82, 2.24) is 15.2 Å². The van der Waals surface area contributed by atoms with Gasteiger partial charge in [0.15, 0.2) is 0 Å². The number of nitrogens with zero attached hydrogens (tertiary/aromatic N) is 2. The largest absolute Gasteiger partial charge is 0.388 e. The minimum absolute atomic E-state index is 0.135. The Morgan fingerprint density at radius 3 is 2.27 bits per heavy atom. The van der Waals surface area contributed by atoms with Crippen LogP contribution in [0, 0.1) is 20.8 Å². The van der Waals surface area contributed by atoms with E-state index in [2.05, 4.69) is 63.7 Å². The Morgan fingerprint density at radius 1 is 0.961 bits per heavy atom. The first-order chi connectivity index (χ1) is 24.6. The van der Waals surface area contributed by atoms with E-state index in [4.69, 9.17) is 9.47 Å². The van der Waals surface area contributed by atoms with Gasteiger partial charge in [-0.1, -0.05) is 12.1 Å². The average Bonchev–Trinajstić information content (AvgIpc) is 3.11. The Hall–Kier alpha value is -3.99. The van der Waals surface area contributed by atoms with Crippen LogP contribution in [0.5, 0.6) is 0 Å². The van der Waals surface area contributed by atoms with E-state index in [1.54, 1.807) is 0 Å². The second kappa shape index (κ2) is 15.7. The number of pyridine rings is 1. The van der Waals surface area contributed by atoms with E-state index in [0.717, 1.165) is 96.6 Å². The van der Waals surface area contributed by atoms with Crippen LogP contribution < -0.4 is 21.1 Å². The molecule has 1 aliphatic carbocycles. The lowest BCUT2D eigenvalue weighted by Crippen LogP contribution is -2.53. The van der Waals surface area contributed by atoms with Crippen molar-refractivity contribution in [3.63, 3.8) is 0 Å². The summed E-state index contributed by atoms with van der Waals surface area (Å²) in [6.45, 7) is 11.7. The molecular weight excluding hydrogens is 642 g/mol. The van der Waals surface area contributed by atoms with Crippen LogP contribution in [0.15, 0.2) is 41.2 Å². The summed E-state index contributed by atoms with van der Waals surface area (Å²) < 4.78 is 11.1. The normalized spacial score (nSPS) is 20.5. The molecule has 2 aromatic carbocycles. The molecule has 0 bridgehead atoms. The summed E-state index contributed by atoms with van der Waals surface area (Å²) in [5.74, 6) is -0.216. The van der Waals surface area contributed by atoms with Gasteiger partial charge in [0, 0.05) is 73.6 Å². The molecule has 1 aromatic heterocycles. The minimum Gasteiger partial charge on any atom is -0.388 e. The first kappa shape index (κ1) is 36.8. The van der Waals surface area contributed by atoms with Crippen molar-refractivity contribution < 1.29 is 19.1 Å². The van der Waals surface area contributed by atoms with Crippen LogP contribution in [0.4, 0.5) is 11.4 Å². The molecule has 3 aliphatic rings. The van der Waals surface area contributed by atoms with Crippen LogP contribution in [0.25, 0.3) is 11.1 Å². The maximum Gasteiger partial charge on any atom is 0.253 e. The molecule has 0 unspecified atom stereocenters. The minimum atomic E-state index is -0.595. The fourth-order valence-electron chi connectivity index (χ4n) is 8.48. The van der Waals surface area contributed by atoms with E-state index in [1.807, 2.05) is 40.0 Å². The number of ether oxygens (including phenoxy) is 2. The number of aldehydes is 1. The lowest BCUT2D eigenvalue weighted by atomic mass is 9.74. The Balaban J connectivity index is 1.36. The number of carbonyl (C=O) groups excluding carboxylic acids is 2. The number of H-pyrrole nitrogens is 1. The highest BCUT2D eigenvalue weighted by Gasteiger charge is 2.37. The molecule has 10 nitrogen and oxygen atoms in total. The van der Waals surface area contributed by atoms with E-state index in [9.17, 15) is 14.4 Å². The van der Waals surface area contributed by atoms with Crippen LogP contribution >= 0.6 is 0 Å². The third-order valence-corrected chi connectivity index (χ3v) is 11.8. The van der Waals surface area contributed by atoms with Gasteiger partial charge in [0.1, 0.15) is 6.29 Å². The van der Waals surface area contributed by atoms with Gasteiger partial charge in [-0.2, -0.15) is 0 Å². The van der Waals surface area contributed by atoms with Crippen molar-refractivity contribution >= 4 is 23.6 Å². The zero-order chi connectivity index (χ0) is 36.3. The van der Waals surface area contributed by atoms with Gasteiger partial charge in [-0.15, -0.1) is 0 Å². The summed E-state index contributed by atoms with van der Waals surface area (Å²) >= 11 is 0. The lowest BCUT2D eigenvalue weighted by molar-refractivity contribution is -0.115. The number of rotatable bonds is 12. The standard InChI is InChI=1S/C41H55N5O5/c1-7-46(32-11-9-31(10-12-32)45(6)33-23-51-24-33)38-21-30(29-8-13-36(37(20-29)42-5)41(25-47)14-16-50-17-15-41)19-34(28(38)4)39(48)43-22-35-26(2)18-27(3)44-40(35)49/h8,13,18-21,25,31-33,42H,7,9-12,14-17,22-24H2,1-6H3,(H,43,48)(H,44,49). The Bertz CT molecular complexity index is 1790. The second-order valence-corrected chi connectivity index (χ2v) is 14.8. The van der Waals surface area contributed by atoms with Gasteiger partial charge in [0.25, 0.3) is 11.5 Å². The monoisotopic (exact) mass is 697 g/mol. The summed E-state index contributed by atoms with van der Waals surface area (Å²) in [4.78, 5) is 47.3. The van der Waals surface area contributed by atoms with Gasteiger partial charge in [-0.3, -0.25) is 14.5 Å². The fraction of sp³-hybridized carbons (Fsp3) is 0.537. The number of benzene rings is 2. The SMILES string of the molecule is CCN(c1cc(-c2ccc(C3(C=O)CCOCC3)c(NC)c2)cc(C(=O)NCc2c(C)cc(C)[nH]c2=O)c1C)C1CCC(N(C)C2COC2)CC1. The summed E-state index contributed by atoms with van der Waals surface area (Å²) in [6.07, 6.45) is 6.78. The van der Waals surface area contributed by atoms with E-state index < -0.39 is 5.41 Å². The predicted molar refractivity (Wildman–Crippen MR) is 203 cm³/mol. The topological polar surface area (TPSA) is 116 Å². The van der Waals surface area contributed by atoms with Crippen molar-refractivity contribution in [2.45, 2.75) is 96.3 Å². The molecule has 1 saturated carbocycles. The van der Waals surface area contributed by atoms with Crippen LogP contribution in [0.1, 0.15) is 83.8 Å².